The van der Waals surface area contributed by atoms with Gasteiger partial charge in [-0.05, 0) is 18.6 Å². The Morgan fingerprint density at radius 1 is 0.913 bits per heavy atom. The fraction of sp³-hybridized carbons (Fsp3) is 0.316. The van der Waals surface area contributed by atoms with Gasteiger partial charge in [0, 0.05) is 18.3 Å². The van der Waals surface area contributed by atoms with E-state index in [0.29, 0.717) is 0 Å². The molecule has 0 aliphatic heterocycles. The second kappa shape index (κ2) is 7.68. The number of rotatable bonds is 7. The molecule has 23 heavy (non-hydrogen) atoms. The molecule has 2 aromatic heterocycles. The predicted octanol–water partition coefficient (Wildman–Crippen LogP) is 4.59. The van der Waals surface area contributed by atoms with Crippen LogP contribution in [0.1, 0.15) is 32.6 Å². The van der Waals surface area contributed by atoms with Gasteiger partial charge in [-0.3, -0.25) is 4.98 Å². The molecule has 0 amide bonds. The largest absolute Gasteiger partial charge is 0.253 e. The SMILES string of the molecule is CCCCCCn1nc(-c2ccccc2)nc1-c1ccccn1. The lowest BCUT2D eigenvalue weighted by Crippen LogP contribution is -2.03. The molecule has 0 fully saturated rings. The van der Waals surface area contributed by atoms with Crippen molar-refractivity contribution in [3.63, 3.8) is 0 Å². The Labute approximate surface area is 137 Å². The van der Waals surface area contributed by atoms with E-state index >= 15 is 0 Å². The number of nitrogens with zero attached hydrogens (tertiary/aromatic N) is 4. The van der Waals surface area contributed by atoms with Crippen LogP contribution in [0.25, 0.3) is 22.9 Å². The first-order chi connectivity index (χ1) is 11.4. The Kier molecular flexibility index (Phi) is 5.14. The molecule has 118 valence electrons. The summed E-state index contributed by atoms with van der Waals surface area (Å²) >= 11 is 0. The van der Waals surface area contributed by atoms with Gasteiger partial charge in [-0.25, -0.2) is 9.67 Å². The number of aromatic nitrogens is 4. The summed E-state index contributed by atoms with van der Waals surface area (Å²) in [5.41, 5.74) is 1.91. The molecule has 0 atom stereocenters. The summed E-state index contributed by atoms with van der Waals surface area (Å²) in [6.07, 6.45) is 6.64. The van der Waals surface area contributed by atoms with Gasteiger partial charge in [0.1, 0.15) is 5.69 Å². The molecule has 3 rings (SSSR count). The first kappa shape index (κ1) is 15.4. The molecule has 0 saturated carbocycles. The van der Waals surface area contributed by atoms with Crippen LogP contribution >= 0.6 is 0 Å². The summed E-state index contributed by atoms with van der Waals surface area (Å²) in [5, 5.41) is 4.72. The number of benzene rings is 1. The second-order valence-corrected chi connectivity index (χ2v) is 5.62. The van der Waals surface area contributed by atoms with Gasteiger partial charge < -0.3 is 0 Å². The average Bonchev–Trinajstić information content (AvgIpc) is 3.04. The molecule has 0 spiro atoms. The van der Waals surface area contributed by atoms with Crippen LogP contribution in [0.15, 0.2) is 54.7 Å². The number of aryl methyl sites for hydroxylation is 1. The molecule has 2 heterocycles. The lowest BCUT2D eigenvalue weighted by atomic mass is 10.2. The maximum Gasteiger partial charge on any atom is 0.181 e. The number of pyridine rings is 1. The van der Waals surface area contributed by atoms with Gasteiger partial charge in [-0.2, -0.15) is 5.10 Å². The molecular weight excluding hydrogens is 284 g/mol. The highest BCUT2D eigenvalue weighted by Crippen LogP contribution is 2.21. The van der Waals surface area contributed by atoms with E-state index in [9.17, 15) is 0 Å². The Morgan fingerprint density at radius 3 is 2.48 bits per heavy atom. The van der Waals surface area contributed by atoms with Crippen LogP contribution in [0.2, 0.25) is 0 Å². The summed E-state index contributed by atoms with van der Waals surface area (Å²) in [5.74, 6) is 1.61. The predicted molar refractivity (Wildman–Crippen MR) is 92.8 cm³/mol. The van der Waals surface area contributed by atoms with Crippen molar-refractivity contribution in [1.82, 2.24) is 19.7 Å². The van der Waals surface area contributed by atoms with Gasteiger partial charge >= 0.3 is 0 Å². The van der Waals surface area contributed by atoms with Crippen molar-refractivity contribution >= 4 is 0 Å². The Bertz CT molecular complexity index is 720. The average molecular weight is 306 g/mol. The van der Waals surface area contributed by atoms with Crippen molar-refractivity contribution < 1.29 is 0 Å². The van der Waals surface area contributed by atoms with Gasteiger partial charge in [0.25, 0.3) is 0 Å². The highest BCUT2D eigenvalue weighted by molar-refractivity contribution is 5.59. The van der Waals surface area contributed by atoms with E-state index in [4.69, 9.17) is 10.1 Å². The zero-order chi connectivity index (χ0) is 15.9. The van der Waals surface area contributed by atoms with Gasteiger partial charge in [-0.15, -0.1) is 0 Å². The summed E-state index contributed by atoms with van der Waals surface area (Å²) in [6, 6.07) is 16.0. The van der Waals surface area contributed by atoms with Crippen molar-refractivity contribution in [2.75, 3.05) is 0 Å². The highest BCUT2D eigenvalue weighted by Gasteiger charge is 2.13. The van der Waals surface area contributed by atoms with Gasteiger partial charge in [0.05, 0.1) is 0 Å². The monoisotopic (exact) mass is 306 g/mol. The van der Waals surface area contributed by atoms with Crippen molar-refractivity contribution in [1.29, 1.82) is 0 Å². The zero-order valence-corrected chi connectivity index (χ0v) is 13.5. The third-order valence-electron chi connectivity index (χ3n) is 3.82. The molecule has 0 bridgehead atoms. The van der Waals surface area contributed by atoms with Crippen molar-refractivity contribution in [2.45, 2.75) is 39.2 Å². The van der Waals surface area contributed by atoms with Crippen LogP contribution in [-0.4, -0.2) is 19.7 Å². The molecule has 0 saturated heterocycles. The van der Waals surface area contributed by atoms with Gasteiger partial charge in [0.2, 0.25) is 0 Å². The molecule has 0 unspecified atom stereocenters. The second-order valence-electron chi connectivity index (χ2n) is 5.62. The molecule has 4 nitrogen and oxygen atoms in total. The van der Waals surface area contributed by atoms with Crippen LogP contribution in [0.5, 0.6) is 0 Å². The smallest absolute Gasteiger partial charge is 0.181 e. The molecule has 0 N–H and O–H groups in total. The Balaban J connectivity index is 1.90. The maximum atomic E-state index is 4.74. The topological polar surface area (TPSA) is 43.6 Å². The lowest BCUT2D eigenvalue weighted by molar-refractivity contribution is 0.545. The first-order valence-electron chi connectivity index (χ1n) is 8.30. The van der Waals surface area contributed by atoms with E-state index < -0.39 is 0 Å². The number of hydrogen-bond acceptors (Lipinski definition) is 3. The summed E-state index contributed by atoms with van der Waals surface area (Å²) in [7, 11) is 0. The summed E-state index contributed by atoms with van der Waals surface area (Å²) in [4.78, 5) is 9.18. The minimum Gasteiger partial charge on any atom is -0.253 e. The third-order valence-corrected chi connectivity index (χ3v) is 3.82. The van der Waals surface area contributed by atoms with Crippen LogP contribution in [-0.2, 0) is 6.54 Å². The van der Waals surface area contributed by atoms with Crippen molar-refractivity contribution in [3.05, 3.63) is 54.7 Å². The molecule has 3 aromatic rings. The first-order valence-corrected chi connectivity index (χ1v) is 8.30. The Morgan fingerprint density at radius 2 is 1.74 bits per heavy atom. The Hall–Kier alpha value is -2.49. The van der Waals surface area contributed by atoms with Gasteiger partial charge in [0.15, 0.2) is 11.6 Å². The van der Waals surface area contributed by atoms with Crippen molar-refractivity contribution in [3.8, 4) is 22.9 Å². The van der Waals surface area contributed by atoms with Crippen molar-refractivity contribution in [2.24, 2.45) is 0 Å². The van der Waals surface area contributed by atoms with E-state index in [1.165, 1.54) is 19.3 Å². The highest BCUT2D eigenvalue weighted by atomic mass is 15.3. The third kappa shape index (κ3) is 3.83. The molecule has 0 aliphatic rings. The quantitative estimate of drug-likeness (QED) is 0.600. The van der Waals surface area contributed by atoms with Crippen LogP contribution in [0, 0.1) is 0 Å². The fourth-order valence-corrected chi connectivity index (χ4v) is 2.58. The molecule has 4 heteroatoms. The van der Waals surface area contributed by atoms with E-state index in [1.54, 1.807) is 6.20 Å². The lowest BCUT2D eigenvalue weighted by Gasteiger charge is -2.04. The minimum atomic E-state index is 0.766. The van der Waals surface area contributed by atoms with E-state index in [0.717, 1.165) is 35.9 Å². The van der Waals surface area contributed by atoms with Crippen LogP contribution < -0.4 is 0 Å². The van der Waals surface area contributed by atoms with E-state index in [2.05, 4.69) is 11.9 Å². The zero-order valence-electron chi connectivity index (χ0n) is 13.5. The van der Waals surface area contributed by atoms with Crippen LogP contribution in [0.3, 0.4) is 0 Å². The fourth-order valence-electron chi connectivity index (χ4n) is 2.58. The standard InChI is InChI=1S/C19H22N4/c1-2-3-4-10-15-23-19(17-13-8-9-14-20-17)21-18(22-23)16-11-6-5-7-12-16/h5-9,11-14H,2-4,10,15H2,1H3. The van der Waals surface area contributed by atoms with E-state index in [-0.39, 0.29) is 0 Å². The molecular formula is C19H22N4. The molecule has 1 aromatic carbocycles. The van der Waals surface area contributed by atoms with Crippen LogP contribution in [0.4, 0.5) is 0 Å². The molecule has 0 radical (unpaired) electrons. The van der Waals surface area contributed by atoms with Gasteiger partial charge in [-0.1, -0.05) is 62.6 Å². The molecule has 0 aliphatic carbocycles. The summed E-state index contributed by atoms with van der Waals surface area (Å²) < 4.78 is 2.00. The number of hydrogen-bond donors (Lipinski definition) is 0. The normalized spacial score (nSPS) is 10.8. The summed E-state index contributed by atoms with van der Waals surface area (Å²) in [6.45, 7) is 3.11. The van der Waals surface area contributed by atoms with E-state index in [1.807, 2.05) is 53.2 Å². The maximum absolute atomic E-state index is 4.74. The number of unbranched alkanes of at least 4 members (excludes halogenated alkanes) is 3. The minimum absolute atomic E-state index is 0.766.